The van der Waals surface area contributed by atoms with Gasteiger partial charge in [-0.05, 0) is 23.3 Å². The van der Waals surface area contributed by atoms with Crippen molar-refractivity contribution in [2.75, 3.05) is 0 Å². The number of primary amides is 1. The van der Waals surface area contributed by atoms with Crippen LogP contribution < -0.4 is 10.5 Å². The van der Waals surface area contributed by atoms with Crippen molar-refractivity contribution in [3.8, 4) is 6.01 Å². The molecule has 106 valence electrons. The number of carbonyl (C=O) groups excluding carboxylic acids is 1. The highest BCUT2D eigenvalue weighted by atomic mass is 35.5. The van der Waals surface area contributed by atoms with Gasteiger partial charge in [-0.3, -0.25) is 0 Å². The Morgan fingerprint density at radius 3 is 2.67 bits per heavy atom. The first kappa shape index (κ1) is 13.5. The SMILES string of the molecule is NC(=O)Oc1nc2cc(C(Cl)c3ccccc3)ccc2[nH]1. The molecule has 0 aliphatic rings. The van der Waals surface area contributed by atoms with Crippen LogP contribution in [0.25, 0.3) is 11.0 Å². The van der Waals surface area contributed by atoms with E-state index in [9.17, 15) is 4.79 Å². The minimum absolute atomic E-state index is 0.0699. The van der Waals surface area contributed by atoms with Crippen LogP contribution in [0.3, 0.4) is 0 Å². The Morgan fingerprint density at radius 2 is 1.95 bits per heavy atom. The average Bonchev–Trinajstić information content (AvgIpc) is 2.87. The van der Waals surface area contributed by atoms with Crippen molar-refractivity contribution in [1.29, 1.82) is 0 Å². The van der Waals surface area contributed by atoms with E-state index >= 15 is 0 Å². The van der Waals surface area contributed by atoms with Crippen LogP contribution >= 0.6 is 11.6 Å². The van der Waals surface area contributed by atoms with Gasteiger partial charge in [0.05, 0.1) is 16.4 Å². The third kappa shape index (κ3) is 2.83. The van der Waals surface area contributed by atoms with Crippen molar-refractivity contribution in [3.63, 3.8) is 0 Å². The lowest BCUT2D eigenvalue weighted by atomic mass is 10.0. The molecule has 3 aromatic rings. The van der Waals surface area contributed by atoms with Gasteiger partial charge in [0, 0.05) is 0 Å². The highest BCUT2D eigenvalue weighted by Gasteiger charge is 2.13. The van der Waals surface area contributed by atoms with Gasteiger partial charge >= 0.3 is 12.1 Å². The fraction of sp³-hybridized carbons (Fsp3) is 0.0667. The highest BCUT2D eigenvalue weighted by Crippen LogP contribution is 2.30. The van der Waals surface area contributed by atoms with Gasteiger partial charge in [-0.1, -0.05) is 36.4 Å². The second-order valence-electron chi connectivity index (χ2n) is 4.51. The van der Waals surface area contributed by atoms with E-state index in [4.69, 9.17) is 22.1 Å². The van der Waals surface area contributed by atoms with Crippen LogP contribution in [0.4, 0.5) is 4.79 Å². The molecule has 1 unspecified atom stereocenters. The maximum atomic E-state index is 10.7. The summed E-state index contributed by atoms with van der Waals surface area (Å²) in [4.78, 5) is 17.7. The van der Waals surface area contributed by atoms with Crippen LogP contribution in [0, 0.1) is 0 Å². The second kappa shape index (κ2) is 5.46. The van der Waals surface area contributed by atoms with Crippen molar-refractivity contribution < 1.29 is 9.53 Å². The van der Waals surface area contributed by atoms with Crippen LogP contribution in [0.1, 0.15) is 16.5 Å². The number of fused-ring (bicyclic) bond motifs is 1. The van der Waals surface area contributed by atoms with E-state index in [0.29, 0.717) is 5.52 Å². The number of aromatic nitrogens is 2. The third-order valence-corrected chi connectivity index (χ3v) is 3.57. The zero-order chi connectivity index (χ0) is 14.8. The molecule has 0 aliphatic heterocycles. The van der Waals surface area contributed by atoms with E-state index < -0.39 is 6.09 Å². The largest absolute Gasteiger partial charge is 0.412 e. The van der Waals surface area contributed by atoms with Crippen molar-refractivity contribution >= 4 is 28.7 Å². The molecule has 21 heavy (non-hydrogen) atoms. The van der Waals surface area contributed by atoms with E-state index in [1.54, 1.807) is 0 Å². The summed E-state index contributed by atoms with van der Waals surface area (Å²) in [5, 5.41) is -0.271. The first-order valence-corrected chi connectivity index (χ1v) is 6.73. The normalized spacial score (nSPS) is 12.2. The summed E-state index contributed by atoms with van der Waals surface area (Å²) in [6.45, 7) is 0. The molecule has 1 atom stereocenters. The van der Waals surface area contributed by atoms with Crippen LogP contribution in [0.15, 0.2) is 48.5 Å². The number of imidazole rings is 1. The van der Waals surface area contributed by atoms with Crippen molar-refractivity contribution in [2.45, 2.75) is 5.38 Å². The first-order valence-electron chi connectivity index (χ1n) is 6.29. The van der Waals surface area contributed by atoms with Gasteiger partial charge < -0.3 is 15.5 Å². The fourth-order valence-corrected chi connectivity index (χ4v) is 2.40. The number of nitrogens with one attached hydrogen (secondary N) is 1. The van der Waals surface area contributed by atoms with Crippen LogP contribution in [0.2, 0.25) is 0 Å². The summed E-state index contributed by atoms with van der Waals surface area (Å²) >= 11 is 6.48. The second-order valence-corrected chi connectivity index (χ2v) is 4.95. The predicted molar refractivity (Wildman–Crippen MR) is 80.4 cm³/mol. The molecule has 0 radical (unpaired) electrons. The molecule has 0 fully saturated rings. The van der Waals surface area contributed by atoms with Crippen molar-refractivity contribution in [2.24, 2.45) is 5.73 Å². The maximum Gasteiger partial charge on any atom is 0.412 e. The lowest BCUT2D eigenvalue weighted by molar-refractivity contribution is 0.207. The Kier molecular flexibility index (Phi) is 3.50. The highest BCUT2D eigenvalue weighted by molar-refractivity contribution is 6.22. The molecule has 6 heteroatoms. The Hall–Kier alpha value is -2.53. The molecule has 3 N–H and O–H groups in total. The van der Waals surface area contributed by atoms with Gasteiger partial charge in [0.2, 0.25) is 0 Å². The third-order valence-electron chi connectivity index (χ3n) is 3.07. The minimum Gasteiger partial charge on any atom is -0.376 e. The Labute approximate surface area is 125 Å². The number of nitrogens with zero attached hydrogens (tertiary/aromatic N) is 1. The predicted octanol–water partition coefficient (Wildman–Crippen LogP) is 3.35. The smallest absolute Gasteiger partial charge is 0.376 e. The average molecular weight is 302 g/mol. The molecule has 3 rings (SSSR count). The molecule has 0 spiro atoms. The zero-order valence-electron chi connectivity index (χ0n) is 10.9. The quantitative estimate of drug-likeness (QED) is 0.728. The Balaban J connectivity index is 1.95. The van der Waals surface area contributed by atoms with Gasteiger partial charge in [-0.25, -0.2) is 4.79 Å². The molecule has 1 heterocycles. The van der Waals surface area contributed by atoms with Crippen LogP contribution in [0.5, 0.6) is 6.01 Å². The number of amides is 1. The van der Waals surface area contributed by atoms with E-state index in [0.717, 1.165) is 16.6 Å². The number of hydrogen-bond donors (Lipinski definition) is 2. The number of aromatic amines is 1. The zero-order valence-corrected chi connectivity index (χ0v) is 11.7. The van der Waals surface area contributed by atoms with Gasteiger partial charge in [0.15, 0.2) is 0 Å². The van der Waals surface area contributed by atoms with Crippen LogP contribution in [-0.4, -0.2) is 16.1 Å². The molecule has 1 aromatic heterocycles. The van der Waals surface area contributed by atoms with Crippen LogP contribution in [-0.2, 0) is 0 Å². The van der Waals surface area contributed by atoms with Gasteiger partial charge in [0.25, 0.3) is 0 Å². The number of ether oxygens (including phenoxy) is 1. The molecule has 5 nitrogen and oxygen atoms in total. The van der Waals surface area contributed by atoms with Gasteiger partial charge in [-0.15, -0.1) is 11.6 Å². The fourth-order valence-electron chi connectivity index (χ4n) is 2.12. The molecular weight excluding hydrogens is 290 g/mol. The molecule has 2 aromatic carbocycles. The Bertz CT molecular complexity index is 786. The van der Waals surface area contributed by atoms with E-state index in [2.05, 4.69) is 9.97 Å². The molecule has 0 saturated heterocycles. The lowest BCUT2D eigenvalue weighted by Crippen LogP contribution is -2.16. The molecular formula is C15H12ClN3O2. The first-order chi connectivity index (χ1) is 10.1. The van der Waals surface area contributed by atoms with Gasteiger partial charge in [0.1, 0.15) is 0 Å². The summed E-state index contributed by atoms with van der Waals surface area (Å²) in [5.41, 5.74) is 8.27. The minimum atomic E-state index is -0.909. The van der Waals surface area contributed by atoms with Gasteiger partial charge in [-0.2, -0.15) is 4.98 Å². The Morgan fingerprint density at radius 1 is 1.19 bits per heavy atom. The number of alkyl halides is 1. The number of carbonyl (C=O) groups is 1. The number of benzene rings is 2. The monoisotopic (exact) mass is 301 g/mol. The number of hydrogen-bond acceptors (Lipinski definition) is 3. The number of H-pyrrole nitrogens is 1. The van der Waals surface area contributed by atoms with E-state index in [-0.39, 0.29) is 11.4 Å². The number of nitrogens with two attached hydrogens (primary N) is 1. The van der Waals surface area contributed by atoms with E-state index in [1.807, 2.05) is 48.5 Å². The van der Waals surface area contributed by atoms with Crippen molar-refractivity contribution in [1.82, 2.24) is 9.97 Å². The van der Waals surface area contributed by atoms with Crippen molar-refractivity contribution in [3.05, 3.63) is 59.7 Å². The summed E-state index contributed by atoms with van der Waals surface area (Å²) in [6.07, 6.45) is -0.909. The van der Waals surface area contributed by atoms with E-state index in [1.165, 1.54) is 0 Å². The summed E-state index contributed by atoms with van der Waals surface area (Å²) < 4.78 is 4.72. The summed E-state index contributed by atoms with van der Waals surface area (Å²) in [6, 6.07) is 15.4. The molecule has 1 amide bonds. The summed E-state index contributed by atoms with van der Waals surface area (Å²) in [5.74, 6) is 0. The number of halogens is 1. The maximum absolute atomic E-state index is 10.7. The molecule has 0 saturated carbocycles. The lowest BCUT2D eigenvalue weighted by Gasteiger charge is -2.09. The number of rotatable bonds is 3. The topological polar surface area (TPSA) is 81.0 Å². The summed E-state index contributed by atoms with van der Waals surface area (Å²) in [7, 11) is 0. The standard InChI is InChI=1S/C15H12ClN3O2/c16-13(9-4-2-1-3-5-9)10-6-7-11-12(8-10)19-15(18-11)21-14(17)20/h1-8,13H,(H2,17,20)(H,18,19). The molecule has 0 aliphatic carbocycles. The molecule has 0 bridgehead atoms.